The summed E-state index contributed by atoms with van der Waals surface area (Å²) in [5.41, 5.74) is 1.36. The van der Waals surface area contributed by atoms with Crippen LogP contribution in [0.4, 0.5) is 0 Å². The second kappa shape index (κ2) is 6.36. The number of aliphatic hydroxyl groups excluding tert-OH is 1. The molecule has 6 nitrogen and oxygen atoms in total. The first-order valence-corrected chi connectivity index (χ1v) is 5.56. The van der Waals surface area contributed by atoms with Crippen molar-refractivity contribution in [2.75, 3.05) is 20.3 Å². The summed E-state index contributed by atoms with van der Waals surface area (Å²) in [6, 6.07) is 1.75. The summed E-state index contributed by atoms with van der Waals surface area (Å²) < 4.78 is 6.31. The number of carbonyl (C=O) groups is 1. The first-order valence-electron chi connectivity index (χ1n) is 5.56. The van der Waals surface area contributed by atoms with Gasteiger partial charge in [-0.1, -0.05) is 6.92 Å². The van der Waals surface area contributed by atoms with Gasteiger partial charge in [-0.15, -0.1) is 0 Å². The summed E-state index contributed by atoms with van der Waals surface area (Å²) in [6.45, 7) is 2.34. The average Bonchev–Trinajstić information content (AvgIpc) is 2.68. The Hall–Kier alpha value is -1.40. The minimum Gasteiger partial charge on any atom is -0.389 e. The Labute approximate surface area is 101 Å². The lowest BCUT2D eigenvalue weighted by Crippen LogP contribution is -2.35. The van der Waals surface area contributed by atoms with Crippen molar-refractivity contribution in [3.63, 3.8) is 0 Å². The number of aromatic nitrogens is 2. The average molecular weight is 241 g/mol. The molecule has 0 bridgehead atoms. The third-order valence-corrected chi connectivity index (χ3v) is 2.38. The minimum atomic E-state index is -0.692. The second-order valence-electron chi connectivity index (χ2n) is 3.82. The fraction of sp³-hybridized carbons (Fsp3) is 0.636. The Bertz CT molecular complexity index is 376. The molecule has 0 spiro atoms. The van der Waals surface area contributed by atoms with Crippen molar-refractivity contribution in [1.82, 2.24) is 15.1 Å². The smallest absolute Gasteiger partial charge is 0.269 e. The predicted molar refractivity (Wildman–Crippen MR) is 62.8 cm³/mol. The molecule has 1 unspecified atom stereocenters. The van der Waals surface area contributed by atoms with E-state index in [1.807, 2.05) is 6.92 Å². The number of methoxy groups -OCH3 is 1. The van der Waals surface area contributed by atoms with Crippen molar-refractivity contribution in [3.8, 4) is 0 Å². The van der Waals surface area contributed by atoms with Crippen LogP contribution in [0.25, 0.3) is 0 Å². The Morgan fingerprint density at radius 1 is 1.71 bits per heavy atom. The maximum absolute atomic E-state index is 11.8. The molecule has 0 saturated carbocycles. The molecule has 0 aliphatic rings. The van der Waals surface area contributed by atoms with Crippen LogP contribution >= 0.6 is 0 Å². The highest BCUT2D eigenvalue weighted by Gasteiger charge is 2.13. The van der Waals surface area contributed by atoms with Crippen LogP contribution in [0.15, 0.2) is 6.07 Å². The van der Waals surface area contributed by atoms with Crippen LogP contribution in [0.3, 0.4) is 0 Å². The summed E-state index contributed by atoms with van der Waals surface area (Å²) in [5, 5.41) is 16.2. The largest absolute Gasteiger partial charge is 0.389 e. The highest BCUT2D eigenvalue weighted by atomic mass is 16.5. The fourth-order valence-electron chi connectivity index (χ4n) is 1.46. The first-order chi connectivity index (χ1) is 8.08. The normalized spacial score (nSPS) is 12.5. The summed E-state index contributed by atoms with van der Waals surface area (Å²) in [7, 11) is 3.22. The molecule has 0 aliphatic carbocycles. The van der Waals surface area contributed by atoms with E-state index in [1.165, 1.54) is 11.8 Å². The summed E-state index contributed by atoms with van der Waals surface area (Å²) in [6.07, 6.45) is 0.0933. The molecule has 96 valence electrons. The predicted octanol–water partition coefficient (Wildman–Crippen LogP) is -0.280. The van der Waals surface area contributed by atoms with Crippen molar-refractivity contribution in [2.24, 2.45) is 7.05 Å². The molecule has 6 heteroatoms. The van der Waals surface area contributed by atoms with E-state index in [0.717, 1.165) is 12.1 Å². The third kappa shape index (κ3) is 3.83. The van der Waals surface area contributed by atoms with Gasteiger partial charge in [-0.25, -0.2) is 0 Å². The van der Waals surface area contributed by atoms with Crippen LogP contribution in [0.1, 0.15) is 23.1 Å². The third-order valence-electron chi connectivity index (χ3n) is 2.38. The van der Waals surface area contributed by atoms with Crippen molar-refractivity contribution >= 4 is 5.91 Å². The summed E-state index contributed by atoms with van der Waals surface area (Å²) >= 11 is 0. The van der Waals surface area contributed by atoms with E-state index >= 15 is 0 Å². The molecule has 0 radical (unpaired) electrons. The van der Waals surface area contributed by atoms with E-state index in [-0.39, 0.29) is 19.1 Å². The Morgan fingerprint density at radius 3 is 2.94 bits per heavy atom. The SMILES string of the molecule is CCc1cc(C(=O)NCC(O)COC)n(C)n1. The second-order valence-corrected chi connectivity index (χ2v) is 3.82. The van der Waals surface area contributed by atoms with Crippen molar-refractivity contribution in [3.05, 3.63) is 17.5 Å². The van der Waals surface area contributed by atoms with E-state index in [9.17, 15) is 9.90 Å². The van der Waals surface area contributed by atoms with Gasteiger partial charge in [-0.05, 0) is 12.5 Å². The maximum atomic E-state index is 11.8. The Balaban J connectivity index is 2.54. The van der Waals surface area contributed by atoms with E-state index in [2.05, 4.69) is 10.4 Å². The molecule has 0 fully saturated rings. The quantitative estimate of drug-likeness (QED) is 0.718. The van der Waals surface area contributed by atoms with Crippen molar-refractivity contribution in [2.45, 2.75) is 19.4 Å². The number of aliphatic hydroxyl groups is 1. The fourth-order valence-corrected chi connectivity index (χ4v) is 1.46. The standard InChI is InChI=1S/C11H19N3O3/c1-4-8-5-10(14(2)13-8)11(16)12-6-9(15)7-17-3/h5,9,15H,4,6-7H2,1-3H3,(H,12,16). The van der Waals surface area contributed by atoms with Crippen LogP contribution in [0.2, 0.25) is 0 Å². The van der Waals surface area contributed by atoms with Crippen LogP contribution in [0, 0.1) is 0 Å². The number of aryl methyl sites for hydroxylation is 2. The van der Waals surface area contributed by atoms with Gasteiger partial charge in [0.05, 0.1) is 18.4 Å². The zero-order valence-corrected chi connectivity index (χ0v) is 10.4. The number of ether oxygens (including phenoxy) is 1. The number of carbonyl (C=O) groups excluding carboxylic acids is 1. The highest BCUT2D eigenvalue weighted by Crippen LogP contribution is 2.03. The molecule has 17 heavy (non-hydrogen) atoms. The summed E-state index contributed by atoms with van der Waals surface area (Å²) in [5.74, 6) is -0.241. The molecule has 1 atom stereocenters. The Kier molecular flexibility index (Phi) is 5.11. The number of hydrogen-bond acceptors (Lipinski definition) is 4. The molecule has 0 aromatic carbocycles. The van der Waals surface area contributed by atoms with Crippen LogP contribution in [0.5, 0.6) is 0 Å². The van der Waals surface area contributed by atoms with Gasteiger partial charge in [0, 0.05) is 20.7 Å². The van der Waals surface area contributed by atoms with Crippen LogP contribution in [-0.2, 0) is 18.2 Å². The van der Waals surface area contributed by atoms with Crippen LogP contribution < -0.4 is 5.32 Å². The first kappa shape index (κ1) is 13.7. The lowest BCUT2D eigenvalue weighted by molar-refractivity contribution is 0.0607. The van der Waals surface area contributed by atoms with Gasteiger partial charge in [-0.3, -0.25) is 9.48 Å². The van der Waals surface area contributed by atoms with Gasteiger partial charge in [-0.2, -0.15) is 5.10 Å². The van der Waals surface area contributed by atoms with E-state index in [0.29, 0.717) is 5.69 Å². The molecular formula is C11H19N3O3. The zero-order chi connectivity index (χ0) is 12.8. The minimum absolute atomic E-state index is 0.166. The van der Waals surface area contributed by atoms with E-state index in [1.54, 1.807) is 13.1 Å². The molecule has 2 N–H and O–H groups in total. The molecular weight excluding hydrogens is 222 g/mol. The number of hydrogen-bond donors (Lipinski definition) is 2. The number of amides is 1. The molecule has 1 aromatic heterocycles. The molecule has 0 aliphatic heterocycles. The van der Waals surface area contributed by atoms with Gasteiger partial charge >= 0.3 is 0 Å². The topological polar surface area (TPSA) is 76.4 Å². The molecule has 1 amide bonds. The summed E-state index contributed by atoms with van der Waals surface area (Å²) in [4.78, 5) is 11.8. The maximum Gasteiger partial charge on any atom is 0.269 e. The van der Waals surface area contributed by atoms with Crippen molar-refractivity contribution in [1.29, 1.82) is 0 Å². The van der Waals surface area contributed by atoms with Gasteiger partial charge in [0.25, 0.3) is 5.91 Å². The van der Waals surface area contributed by atoms with Crippen LogP contribution in [-0.4, -0.2) is 47.2 Å². The van der Waals surface area contributed by atoms with E-state index < -0.39 is 6.10 Å². The Morgan fingerprint density at radius 2 is 2.41 bits per heavy atom. The lowest BCUT2D eigenvalue weighted by Gasteiger charge is -2.10. The lowest BCUT2D eigenvalue weighted by atomic mass is 10.3. The molecule has 1 rings (SSSR count). The highest BCUT2D eigenvalue weighted by molar-refractivity contribution is 5.92. The van der Waals surface area contributed by atoms with Gasteiger partial charge < -0.3 is 15.2 Å². The number of rotatable bonds is 6. The molecule has 1 heterocycles. The monoisotopic (exact) mass is 241 g/mol. The zero-order valence-electron chi connectivity index (χ0n) is 10.4. The number of nitrogens with one attached hydrogen (secondary N) is 1. The van der Waals surface area contributed by atoms with Gasteiger partial charge in [0.1, 0.15) is 5.69 Å². The number of nitrogens with zero attached hydrogens (tertiary/aromatic N) is 2. The molecule has 1 aromatic rings. The van der Waals surface area contributed by atoms with Gasteiger partial charge in [0.15, 0.2) is 0 Å². The molecule has 0 saturated heterocycles. The van der Waals surface area contributed by atoms with E-state index in [4.69, 9.17) is 4.74 Å². The van der Waals surface area contributed by atoms with Crippen molar-refractivity contribution < 1.29 is 14.6 Å². The van der Waals surface area contributed by atoms with Gasteiger partial charge in [0.2, 0.25) is 0 Å².